The van der Waals surface area contributed by atoms with Crippen molar-refractivity contribution in [3.8, 4) is 0 Å². The summed E-state index contributed by atoms with van der Waals surface area (Å²) in [5.74, 6) is -0.527. The Morgan fingerprint density at radius 3 is 2.50 bits per heavy atom. The molecule has 0 saturated carbocycles. The second kappa shape index (κ2) is 5.08. The number of hydrogen-bond acceptors (Lipinski definition) is 5. The molecule has 0 saturated heterocycles. The van der Waals surface area contributed by atoms with E-state index in [9.17, 15) is 13.2 Å². The normalized spacial score (nSPS) is 13.4. The summed E-state index contributed by atoms with van der Waals surface area (Å²) in [6.07, 6.45) is 1.01. The zero-order valence-corrected chi connectivity index (χ0v) is 8.95. The standard InChI is InChI=1S/C7H14N2O4S/c1-4-6(10)9(2)7(5-8)14(11,12)13-3/h4,7H,1,5,8H2,2-3H3. The molecule has 2 N–H and O–H groups in total. The second-order valence-electron chi connectivity index (χ2n) is 2.50. The third-order valence-corrected chi connectivity index (χ3v) is 3.36. The van der Waals surface area contributed by atoms with E-state index in [0.29, 0.717) is 0 Å². The van der Waals surface area contributed by atoms with Crippen LogP contribution in [0.15, 0.2) is 12.7 Å². The van der Waals surface area contributed by atoms with E-state index >= 15 is 0 Å². The summed E-state index contributed by atoms with van der Waals surface area (Å²) < 4.78 is 26.8. The van der Waals surface area contributed by atoms with Crippen LogP contribution < -0.4 is 5.73 Å². The van der Waals surface area contributed by atoms with Crippen molar-refractivity contribution >= 4 is 16.0 Å². The molecule has 0 heterocycles. The van der Waals surface area contributed by atoms with Gasteiger partial charge in [0.25, 0.3) is 10.1 Å². The van der Waals surface area contributed by atoms with Crippen LogP contribution in [0, 0.1) is 0 Å². The number of nitrogens with zero attached hydrogens (tertiary/aromatic N) is 1. The molecule has 0 aliphatic heterocycles. The molecule has 0 aliphatic rings. The Kier molecular flexibility index (Phi) is 4.75. The molecule has 0 aromatic carbocycles. The van der Waals surface area contributed by atoms with Crippen molar-refractivity contribution in [2.75, 3.05) is 20.7 Å². The van der Waals surface area contributed by atoms with Crippen LogP contribution in [-0.2, 0) is 19.1 Å². The van der Waals surface area contributed by atoms with Gasteiger partial charge >= 0.3 is 0 Å². The van der Waals surface area contributed by atoms with Gasteiger partial charge in [-0.25, -0.2) is 0 Å². The van der Waals surface area contributed by atoms with Crippen LogP contribution in [-0.4, -0.2) is 45.3 Å². The summed E-state index contributed by atoms with van der Waals surface area (Å²) >= 11 is 0. The van der Waals surface area contributed by atoms with Crippen LogP contribution >= 0.6 is 0 Å². The molecule has 14 heavy (non-hydrogen) atoms. The molecule has 0 rings (SSSR count). The topological polar surface area (TPSA) is 89.7 Å². The van der Waals surface area contributed by atoms with Gasteiger partial charge in [-0.05, 0) is 6.08 Å². The first-order valence-electron chi connectivity index (χ1n) is 3.79. The molecule has 7 heteroatoms. The minimum atomic E-state index is -3.83. The van der Waals surface area contributed by atoms with Crippen molar-refractivity contribution in [3.63, 3.8) is 0 Å². The Labute approximate surface area is 83.4 Å². The Balaban J connectivity index is 4.91. The van der Waals surface area contributed by atoms with Crippen molar-refractivity contribution in [2.24, 2.45) is 5.73 Å². The average molecular weight is 222 g/mol. The van der Waals surface area contributed by atoms with Gasteiger partial charge in [-0.3, -0.25) is 8.98 Å². The van der Waals surface area contributed by atoms with Crippen molar-refractivity contribution < 1.29 is 17.4 Å². The smallest absolute Gasteiger partial charge is 0.289 e. The van der Waals surface area contributed by atoms with Crippen LogP contribution in [0.4, 0.5) is 0 Å². The van der Waals surface area contributed by atoms with Crippen LogP contribution in [0.5, 0.6) is 0 Å². The Bertz CT molecular complexity index is 312. The molecule has 0 radical (unpaired) electrons. The van der Waals surface area contributed by atoms with Gasteiger partial charge in [0, 0.05) is 13.6 Å². The molecule has 0 bridgehead atoms. The quantitative estimate of drug-likeness (QED) is 0.470. The Morgan fingerprint density at radius 2 is 2.21 bits per heavy atom. The fraction of sp³-hybridized carbons (Fsp3) is 0.571. The number of amides is 1. The summed E-state index contributed by atoms with van der Waals surface area (Å²) in [4.78, 5) is 12.1. The summed E-state index contributed by atoms with van der Waals surface area (Å²) in [6.45, 7) is 3.01. The van der Waals surface area contributed by atoms with Crippen LogP contribution in [0.3, 0.4) is 0 Å². The summed E-state index contributed by atoms with van der Waals surface area (Å²) in [5.41, 5.74) is 5.24. The minimum Gasteiger partial charge on any atom is -0.327 e. The zero-order chi connectivity index (χ0) is 11.4. The maximum atomic E-state index is 11.3. The monoisotopic (exact) mass is 222 g/mol. The van der Waals surface area contributed by atoms with Crippen LogP contribution in [0.25, 0.3) is 0 Å². The molecular formula is C7H14N2O4S. The third-order valence-electron chi connectivity index (χ3n) is 1.72. The molecule has 1 unspecified atom stereocenters. The number of rotatable bonds is 5. The summed E-state index contributed by atoms with van der Waals surface area (Å²) in [7, 11) is -1.50. The molecule has 0 fully saturated rings. The van der Waals surface area contributed by atoms with E-state index < -0.39 is 21.4 Å². The predicted octanol–water partition coefficient (Wildman–Crippen LogP) is -1.11. The molecule has 6 nitrogen and oxygen atoms in total. The van der Waals surface area contributed by atoms with Gasteiger partial charge in [-0.1, -0.05) is 6.58 Å². The number of carbonyl (C=O) groups excluding carboxylic acids is 1. The number of hydrogen-bond donors (Lipinski definition) is 1. The van der Waals surface area contributed by atoms with Crippen molar-refractivity contribution in [1.29, 1.82) is 0 Å². The lowest BCUT2D eigenvalue weighted by Gasteiger charge is -2.24. The molecule has 0 aromatic heterocycles. The lowest BCUT2D eigenvalue weighted by Crippen LogP contribution is -2.46. The second-order valence-corrected chi connectivity index (χ2v) is 4.37. The fourth-order valence-corrected chi connectivity index (χ4v) is 1.82. The highest BCUT2D eigenvalue weighted by molar-refractivity contribution is 7.87. The van der Waals surface area contributed by atoms with Gasteiger partial charge in [0.15, 0.2) is 5.37 Å². The number of likely N-dealkylation sites (N-methyl/N-ethyl adjacent to an activating group) is 1. The van der Waals surface area contributed by atoms with Crippen molar-refractivity contribution in [1.82, 2.24) is 4.90 Å². The van der Waals surface area contributed by atoms with E-state index in [-0.39, 0.29) is 6.54 Å². The van der Waals surface area contributed by atoms with Gasteiger partial charge in [0.2, 0.25) is 5.91 Å². The van der Waals surface area contributed by atoms with Gasteiger partial charge in [-0.15, -0.1) is 0 Å². The highest BCUT2D eigenvalue weighted by Crippen LogP contribution is 2.06. The van der Waals surface area contributed by atoms with Gasteiger partial charge in [0.05, 0.1) is 7.11 Å². The van der Waals surface area contributed by atoms with Crippen LogP contribution in [0.1, 0.15) is 0 Å². The molecule has 1 amide bonds. The van der Waals surface area contributed by atoms with E-state index in [0.717, 1.165) is 18.1 Å². The maximum absolute atomic E-state index is 11.3. The third kappa shape index (κ3) is 2.79. The fourth-order valence-electron chi connectivity index (χ4n) is 0.867. The number of nitrogens with two attached hydrogens (primary N) is 1. The molecule has 0 aliphatic carbocycles. The molecule has 1 atom stereocenters. The summed E-state index contributed by atoms with van der Waals surface area (Å²) in [5, 5.41) is -1.18. The van der Waals surface area contributed by atoms with E-state index in [1.807, 2.05) is 0 Å². The van der Waals surface area contributed by atoms with Gasteiger partial charge < -0.3 is 10.6 Å². The van der Waals surface area contributed by atoms with E-state index in [2.05, 4.69) is 10.8 Å². The summed E-state index contributed by atoms with van der Waals surface area (Å²) in [6, 6.07) is 0. The first kappa shape index (κ1) is 13.1. The van der Waals surface area contributed by atoms with E-state index in [1.165, 1.54) is 7.05 Å². The van der Waals surface area contributed by atoms with Crippen molar-refractivity contribution in [3.05, 3.63) is 12.7 Å². The maximum Gasteiger partial charge on any atom is 0.289 e. The van der Waals surface area contributed by atoms with Crippen molar-refractivity contribution in [2.45, 2.75) is 5.37 Å². The Hall–Kier alpha value is -0.920. The Morgan fingerprint density at radius 1 is 1.71 bits per heavy atom. The molecular weight excluding hydrogens is 208 g/mol. The highest BCUT2D eigenvalue weighted by Gasteiger charge is 2.30. The highest BCUT2D eigenvalue weighted by atomic mass is 32.2. The van der Waals surface area contributed by atoms with Gasteiger partial charge in [0.1, 0.15) is 0 Å². The minimum absolute atomic E-state index is 0.230. The first-order chi connectivity index (χ1) is 6.40. The van der Waals surface area contributed by atoms with E-state index in [4.69, 9.17) is 5.73 Å². The molecule has 0 spiro atoms. The predicted molar refractivity (Wildman–Crippen MR) is 51.7 cm³/mol. The van der Waals surface area contributed by atoms with Gasteiger partial charge in [-0.2, -0.15) is 8.42 Å². The van der Waals surface area contributed by atoms with Crippen LogP contribution in [0.2, 0.25) is 0 Å². The SMILES string of the molecule is C=CC(=O)N(C)C(CN)S(=O)(=O)OC. The molecule has 0 aromatic rings. The largest absolute Gasteiger partial charge is 0.327 e. The lowest BCUT2D eigenvalue weighted by atomic mass is 10.5. The lowest BCUT2D eigenvalue weighted by molar-refractivity contribution is -0.125. The van der Waals surface area contributed by atoms with E-state index in [1.54, 1.807) is 0 Å². The average Bonchev–Trinajstić information content (AvgIpc) is 2.17. The first-order valence-corrected chi connectivity index (χ1v) is 5.26. The number of carbonyl (C=O) groups is 1. The zero-order valence-electron chi connectivity index (χ0n) is 8.13. The molecule has 82 valence electrons.